The fourth-order valence-electron chi connectivity index (χ4n) is 2.76. The van der Waals surface area contributed by atoms with E-state index in [1.54, 1.807) is 6.07 Å². The molecule has 3 rings (SSSR count). The van der Waals surface area contributed by atoms with Gasteiger partial charge in [-0.2, -0.15) is 0 Å². The maximum absolute atomic E-state index is 13.9. The summed E-state index contributed by atoms with van der Waals surface area (Å²) in [5.41, 5.74) is 2.79. The van der Waals surface area contributed by atoms with Crippen molar-refractivity contribution in [3.8, 4) is 27.6 Å². The van der Waals surface area contributed by atoms with E-state index in [1.807, 2.05) is 32.0 Å². The van der Waals surface area contributed by atoms with Gasteiger partial charge < -0.3 is 9.84 Å². The number of ether oxygens (including phenoxy) is 1. The van der Waals surface area contributed by atoms with Crippen LogP contribution in [-0.2, 0) is 11.2 Å². The van der Waals surface area contributed by atoms with Crippen LogP contribution in [0.4, 0.5) is 4.39 Å². The van der Waals surface area contributed by atoms with Gasteiger partial charge in [0.1, 0.15) is 16.6 Å². The first kappa shape index (κ1) is 20.3. The van der Waals surface area contributed by atoms with E-state index in [0.717, 1.165) is 23.3 Å². The number of hydrogen-bond acceptors (Lipinski definition) is 4. The van der Waals surface area contributed by atoms with Crippen LogP contribution in [0.3, 0.4) is 0 Å². The molecule has 0 unspecified atom stereocenters. The monoisotopic (exact) mass is 419 g/mol. The van der Waals surface area contributed by atoms with E-state index in [-0.39, 0.29) is 11.4 Å². The van der Waals surface area contributed by atoms with Gasteiger partial charge in [-0.25, -0.2) is 9.37 Å². The Morgan fingerprint density at radius 3 is 2.64 bits per heavy atom. The molecule has 0 saturated carbocycles. The zero-order valence-corrected chi connectivity index (χ0v) is 17.0. The van der Waals surface area contributed by atoms with E-state index in [1.165, 1.54) is 23.5 Å². The van der Waals surface area contributed by atoms with Crippen LogP contribution < -0.4 is 4.74 Å². The summed E-state index contributed by atoms with van der Waals surface area (Å²) in [6.45, 7) is 4.65. The van der Waals surface area contributed by atoms with Crippen molar-refractivity contribution in [1.82, 2.24) is 4.98 Å². The number of rotatable bonds is 7. The van der Waals surface area contributed by atoms with Crippen LogP contribution in [0.25, 0.3) is 21.8 Å². The van der Waals surface area contributed by atoms with Crippen molar-refractivity contribution in [3.05, 3.63) is 57.7 Å². The molecule has 0 saturated heterocycles. The second-order valence-corrected chi connectivity index (χ2v) is 7.81. The van der Waals surface area contributed by atoms with Gasteiger partial charge in [0, 0.05) is 16.0 Å². The Balaban J connectivity index is 2.03. The highest BCUT2D eigenvalue weighted by Crippen LogP contribution is 2.36. The van der Waals surface area contributed by atoms with E-state index in [2.05, 4.69) is 4.98 Å². The highest BCUT2D eigenvalue weighted by molar-refractivity contribution is 7.15. The average Bonchev–Trinajstić information content (AvgIpc) is 3.06. The molecule has 4 nitrogen and oxygen atoms in total. The van der Waals surface area contributed by atoms with Crippen molar-refractivity contribution in [2.24, 2.45) is 0 Å². The number of nitrogens with zero attached hydrogens (tertiary/aromatic N) is 1. The van der Waals surface area contributed by atoms with Gasteiger partial charge in [-0.15, -0.1) is 11.3 Å². The lowest BCUT2D eigenvalue weighted by Crippen LogP contribution is -1.99. The summed E-state index contributed by atoms with van der Waals surface area (Å²) in [5, 5.41) is 9.93. The third-order valence-corrected chi connectivity index (χ3v) is 5.50. The summed E-state index contributed by atoms with van der Waals surface area (Å²) in [5.74, 6) is -0.721. The standard InChI is InChI=1S/C21H19ClFNO3S/c1-3-8-27-17-7-5-14(9-12(17)2)21-24-20(18(28-21)11-19(25)26)13-4-6-15(22)16(23)10-13/h4-7,9-10H,3,8,11H2,1-2H3,(H,25,26). The highest BCUT2D eigenvalue weighted by Gasteiger charge is 2.18. The molecule has 1 N–H and O–H groups in total. The Morgan fingerprint density at radius 2 is 2.00 bits per heavy atom. The van der Waals surface area contributed by atoms with Gasteiger partial charge in [-0.3, -0.25) is 4.79 Å². The SMILES string of the molecule is CCCOc1ccc(-c2nc(-c3ccc(Cl)c(F)c3)c(CC(=O)O)s2)cc1C. The number of aromatic nitrogens is 1. The molecule has 2 aromatic carbocycles. The fourth-order valence-corrected chi connectivity index (χ4v) is 3.95. The van der Waals surface area contributed by atoms with Gasteiger partial charge in [-0.1, -0.05) is 24.6 Å². The molecular formula is C21H19ClFNO3S. The minimum atomic E-state index is -0.967. The summed E-state index contributed by atoms with van der Waals surface area (Å²) >= 11 is 7.05. The van der Waals surface area contributed by atoms with Gasteiger partial charge in [0.25, 0.3) is 0 Å². The lowest BCUT2D eigenvalue weighted by Gasteiger charge is -2.08. The van der Waals surface area contributed by atoms with Crippen molar-refractivity contribution < 1.29 is 19.0 Å². The Kier molecular flexibility index (Phi) is 6.31. The molecule has 146 valence electrons. The predicted molar refractivity (Wildman–Crippen MR) is 110 cm³/mol. The molecule has 0 radical (unpaired) electrons. The normalized spacial score (nSPS) is 10.9. The zero-order valence-electron chi connectivity index (χ0n) is 15.5. The summed E-state index contributed by atoms with van der Waals surface area (Å²) in [6.07, 6.45) is 0.737. The van der Waals surface area contributed by atoms with Crippen molar-refractivity contribution in [2.45, 2.75) is 26.7 Å². The van der Waals surface area contributed by atoms with Crippen LogP contribution in [0.15, 0.2) is 36.4 Å². The third-order valence-electron chi connectivity index (χ3n) is 4.09. The number of carboxylic acid groups (broad SMARTS) is 1. The van der Waals surface area contributed by atoms with Crippen LogP contribution in [0.1, 0.15) is 23.8 Å². The summed E-state index contributed by atoms with van der Waals surface area (Å²) in [6, 6.07) is 10.1. The van der Waals surface area contributed by atoms with Gasteiger partial charge >= 0.3 is 5.97 Å². The quantitative estimate of drug-likeness (QED) is 0.510. The summed E-state index contributed by atoms with van der Waals surface area (Å²) < 4.78 is 19.6. The molecule has 1 aromatic heterocycles. The number of aliphatic carboxylic acids is 1. The smallest absolute Gasteiger partial charge is 0.308 e. The Morgan fingerprint density at radius 1 is 1.25 bits per heavy atom. The Hall–Kier alpha value is -2.44. The van der Waals surface area contributed by atoms with Crippen molar-refractivity contribution in [1.29, 1.82) is 0 Å². The molecule has 3 aromatic rings. The lowest BCUT2D eigenvalue weighted by molar-refractivity contribution is -0.136. The predicted octanol–water partition coefficient (Wildman–Crippen LogP) is 5.99. The molecule has 0 aliphatic heterocycles. The van der Waals surface area contributed by atoms with Gasteiger partial charge in [-0.05, 0) is 49.2 Å². The molecule has 7 heteroatoms. The second kappa shape index (κ2) is 8.71. The minimum Gasteiger partial charge on any atom is -0.493 e. The van der Waals surface area contributed by atoms with Crippen LogP contribution in [0, 0.1) is 12.7 Å². The van der Waals surface area contributed by atoms with E-state index in [4.69, 9.17) is 16.3 Å². The van der Waals surface area contributed by atoms with Crippen LogP contribution >= 0.6 is 22.9 Å². The molecule has 1 heterocycles. The molecule has 28 heavy (non-hydrogen) atoms. The molecule has 0 amide bonds. The molecule has 0 bridgehead atoms. The summed E-state index contributed by atoms with van der Waals surface area (Å²) in [4.78, 5) is 16.5. The largest absolute Gasteiger partial charge is 0.493 e. The van der Waals surface area contributed by atoms with E-state index < -0.39 is 11.8 Å². The van der Waals surface area contributed by atoms with Crippen molar-refractivity contribution in [2.75, 3.05) is 6.61 Å². The maximum Gasteiger partial charge on any atom is 0.308 e. The lowest BCUT2D eigenvalue weighted by atomic mass is 10.1. The van der Waals surface area contributed by atoms with Crippen LogP contribution in [0.2, 0.25) is 5.02 Å². The third kappa shape index (κ3) is 4.51. The zero-order chi connectivity index (χ0) is 20.3. The number of thiazole rings is 1. The first-order valence-corrected chi connectivity index (χ1v) is 9.99. The minimum absolute atomic E-state index is 0.0114. The number of carboxylic acids is 1. The average molecular weight is 420 g/mol. The second-order valence-electron chi connectivity index (χ2n) is 6.32. The van der Waals surface area contributed by atoms with E-state index >= 15 is 0 Å². The number of hydrogen-bond donors (Lipinski definition) is 1. The number of carbonyl (C=O) groups is 1. The van der Waals surface area contributed by atoms with Crippen LogP contribution in [0.5, 0.6) is 5.75 Å². The van der Waals surface area contributed by atoms with Gasteiger partial charge in [0.05, 0.1) is 23.7 Å². The first-order valence-electron chi connectivity index (χ1n) is 8.79. The number of benzene rings is 2. The topological polar surface area (TPSA) is 59.4 Å². The molecule has 0 atom stereocenters. The Labute approximate surface area is 171 Å². The van der Waals surface area contributed by atoms with E-state index in [9.17, 15) is 14.3 Å². The van der Waals surface area contributed by atoms with E-state index in [0.29, 0.717) is 27.7 Å². The first-order chi connectivity index (χ1) is 13.4. The fraction of sp³-hybridized carbons (Fsp3) is 0.238. The molecule has 0 spiro atoms. The van der Waals surface area contributed by atoms with Gasteiger partial charge in [0.2, 0.25) is 0 Å². The van der Waals surface area contributed by atoms with Crippen molar-refractivity contribution in [3.63, 3.8) is 0 Å². The maximum atomic E-state index is 13.9. The molecule has 0 fully saturated rings. The van der Waals surface area contributed by atoms with Gasteiger partial charge in [0.15, 0.2) is 0 Å². The molecular weight excluding hydrogens is 401 g/mol. The number of halogens is 2. The Bertz CT molecular complexity index is 1020. The summed E-state index contributed by atoms with van der Waals surface area (Å²) in [7, 11) is 0. The highest BCUT2D eigenvalue weighted by atomic mass is 35.5. The van der Waals surface area contributed by atoms with Crippen LogP contribution in [-0.4, -0.2) is 22.7 Å². The molecule has 0 aliphatic carbocycles. The van der Waals surface area contributed by atoms with Crippen molar-refractivity contribution >= 4 is 28.9 Å². The number of aryl methyl sites for hydroxylation is 1. The molecule has 0 aliphatic rings.